The largest absolute Gasteiger partial charge is 0.497 e. The van der Waals surface area contributed by atoms with E-state index in [0.29, 0.717) is 23.7 Å². The molecule has 0 aliphatic carbocycles. The van der Waals surface area contributed by atoms with E-state index in [-0.39, 0.29) is 12.5 Å². The second-order valence-corrected chi connectivity index (χ2v) is 3.51. The van der Waals surface area contributed by atoms with E-state index in [1.54, 1.807) is 38.5 Å². The fourth-order valence-corrected chi connectivity index (χ4v) is 1.38. The number of amides is 1. The molecule has 0 saturated carbocycles. The fourth-order valence-electron chi connectivity index (χ4n) is 1.38. The van der Waals surface area contributed by atoms with Crippen LogP contribution in [-0.2, 0) is 4.79 Å². The lowest BCUT2D eigenvalue weighted by Gasteiger charge is -2.12. The van der Waals surface area contributed by atoms with Crippen molar-refractivity contribution in [2.45, 2.75) is 0 Å². The maximum atomic E-state index is 11.4. The molecule has 0 unspecified atom stereocenters. The number of rotatable bonds is 7. The van der Waals surface area contributed by atoms with Crippen LogP contribution in [0.3, 0.4) is 0 Å². The lowest BCUT2D eigenvalue weighted by atomic mass is 10.2. The van der Waals surface area contributed by atoms with Crippen molar-refractivity contribution in [3.8, 4) is 11.5 Å². The number of anilines is 1. The van der Waals surface area contributed by atoms with Crippen LogP contribution in [-0.4, -0.2) is 33.2 Å². The van der Waals surface area contributed by atoms with E-state index in [2.05, 4.69) is 17.2 Å². The summed E-state index contributed by atoms with van der Waals surface area (Å²) in [6.07, 6.45) is 1.63. The number of benzene rings is 1. The van der Waals surface area contributed by atoms with Crippen LogP contribution >= 0.6 is 0 Å². The molecule has 0 heterocycles. The average Bonchev–Trinajstić information content (AvgIpc) is 2.42. The number of ether oxygens (including phenoxy) is 2. The second kappa shape index (κ2) is 7.21. The third-order valence-corrected chi connectivity index (χ3v) is 2.29. The van der Waals surface area contributed by atoms with Gasteiger partial charge < -0.3 is 20.1 Å². The minimum absolute atomic E-state index is 0.111. The fraction of sp³-hybridized carbons (Fsp3) is 0.308. The molecule has 5 heteroatoms. The van der Waals surface area contributed by atoms with Crippen LogP contribution in [0.5, 0.6) is 11.5 Å². The van der Waals surface area contributed by atoms with Gasteiger partial charge >= 0.3 is 0 Å². The van der Waals surface area contributed by atoms with Gasteiger partial charge in [0, 0.05) is 12.6 Å². The third-order valence-electron chi connectivity index (χ3n) is 2.29. The zero-order valence-corrected chi connectivity index (χ0v) is 10.7. The van der Waals surface area contributed by atoms with E-state index in [0.717, 1.165) is 0 Å². The molecule has 2 N–H and O–H groups in total. The maximum Gasteiger partial charge on any atom is 0.239 e. The Kier molecular flexibility index (Phi) is 5.57. The number of nitrogens with one attached hydrogen (secondary N) is 2. The van der Waals surface area contributed by atoms with Crippen LogP contribution < -0.4 is 20.1 Å². The Morgan fingerprint density at radius 3 is 2.78 bits per heavy atom. The zero-order chi connectivity index (χ0) is 13.4. The van der Waals surface area contributed by atoms with Crippen molar-refractivity contribution in [3.63, 3.8) is 0 Å². The van der Waals surface area contributed by atoms with Crippen molar-refractivity contribution in [2.24, 2.45) is 0 Å². The first-order valence-corrected chi connectivity index (χ1v) is 5.54. The molecule has 0 aliphatic rings. The predicted octanol–water partition coefficient (Wildman–Crippen LogP) is 1.42. The molecule has 1 rings (SSSR count). The predicted molar refractivity (Wildman–Crippen MR) is 71.2 cm³/mol. The van der Waals surface area contributed by atoms with Crippen molar-refractivity contribution in [1.82, 2.24) is 5.32 Å². The van der Waals surface area contributed by atoms with Crippen LogP contribution in [0, 0.1) is 0 Å². The highest BCUT2D eigenvalue weighted by Crippen LogP contribution is 2.28. The van der Waals surface area contributed by atoms with Gasteiger partial charge in [0.25, 0.3) is 0 Å². The molecule has 0 aliphatic heterocycles. The van der Waals surface area contributed by atoms with Gasteiger partial charge in [-0.2, -0.15) is 0 Å². The van der Waals surface area contributed by atoms with Crippen LogP contribution in [0.1, 0.15) is 0 Å². The zero-order valence-electron chi connectivity index (χ0n) is 10.7. The second-order valence-electron chi connectivity index (χ2n) is 3.51. The topological polar surface area (TPSA) is 59.6 Å². The highest BCUT2D eigenvalue weighted by atomic mass is 16.5. The van der Waals surface area contributed by atoms with Crippen LogP contribution in [0.4, 0.5) is 5.69 Å². The Labute approximate surface area is 107 Å². The maximum absolute atomic E-state index is 11.4. The summed E-state index contributed by atoms with van der Waals surface area (Å²) in [5, 5.41) is 5.67. The van der Waals surface area contributed by atoms with Crippen LogP contribution in [0.15, 0.2) is 30.9 Å². The van der Waals surface area contributed by atoms with Crippen molar-refractivity contribution < 1.29 is 14.3 Å². The first-order chi connectivity index (χ1) is 8.71. The molecule has 1 aromatic carbocycles. The normalized spacial score (nSPS) is 9.44. The molecule has 98 valence electrons. The summed E-state index contributed by atoms with van der Waals surface area (Å²) < 4.78 is 10.3. The Balaban J connectivity index is 2.64. The standard InChI is InChI=1S/C13H18N2O3/c1-4-7-14-13(16)9-15-11-8-10(17-2)5-6-12(11)18-3/h4-6,8,15H,1,7,9H2,2-3H3,(H,14,16). The average molecular weight is 250 g/mol. The van der Waals surface area contributed by atoms with Gasteiger partial charge in [0.1, 0.15) is 11.5 Å². The molecule has 0 radical (unpaired) electrons. The first-order valence-electron chi connectivity index (χ1n) is 5.54. The van der Waals surface area contributed by atoms with Gasteiger partial charge in [0.15, 0.2) is 0 Å². The molecule has 0 fully saturated rings. The van der Waals surface area contributed by atoms with Gasteiger partial charge in [-0.3, -0.25) is 4.79 Å². The van der Waals surface area contributed by atoms with Crippen molar-refractivity contribution in [3.05, 3.63) is 30.9 Å². The van der Waals surface area contributed by atoms with Gasteiger partial charge in [0.2, 0.25) is 5.91 Å². The van der Waals surface area contributed by atoms with E-state index < -0.39 is 0 Å². The summed E-state index contributed by atoms with van der Waals surface area (Å²) in [6.45, 7) is 4.15. The smallest absolute Gasteiger partial charge is 0.239 e. The highest BCUT2D eigenvalue weighted by Gasteiger charge is 2.06. The van der Waals surface area contributed by atoms with Gasteiger partial charge in [-0.25, -0.2) is 0 Å². The monoisotopic (exact) mass is 250 g/mol. The number of carbonyl (C=O) groups is 1. The van der Waals surface area contributed by atoms with Crippen LogP contribution in [0.25, 0.3) is 0 Å². The summed E-state index contributed by atoms with van der Waals surface area (Å²) in [7, 11) is 3.16. The number of carbonyl (C=O) groups excluding carboxylic acids is 1. The van der Waals surface area contributed by atoms with E-state index in [4.69, 9.17) is 9.47 Å². The Hall–Kier alpha value is -2.17. The third kappa shape index (κ3) is 4.01. The summed E-state index contributed by atoms with van der Waals surface area (Å²) >= 11 is 0. The molecule has 1 amide bonds. The van der Waals surface area contributed by atoms with E-state index >= 15 is 0 Å². The Bertz CT molecular complexity index is 419. The lowest BCUT2D eigenvalue weighted by Crippen LogP contribution is -2.29. The quantitative estimate of drug-likeness (QED) is 0.718. The molecule has 0 bridgehead atoms. The Morgan fingerprint density at radius 2 is 2.17 bits per heavy atom. The van der Waals surface area contributed by atoms with Crippen molar-refractivity contribution in [2.75, 3.05) is 32.6 Å². The molecule has 0 aromatic heterocycles. The minimum Gasteiger partial charge on any atom is -0.497 e. The molecular formula is C13H18N2O3. The molecule has 18 heavy (non-hydrogen) atoms. The van der Waals surface area contributed by atoms with Gasteiger partial charge in [-0.1, -0.05) is 6.08 Å². The molecule has 1 aromatic rings. The Morgan fingerprint density at radius 1 is 1.39 bits per heavy atom. The highest BCUT2D eigenvalue weighted by molar-refractivity contribution is 5.81. The van der Waals surface area contributed by atoms with Crippen molar-refractivity contribution in [1.29, 1.82) is 0 Å². The lowest BCUT2D eigenvalue weighted by molar-refractivity contribution is -0.119. The van der Waals surface area contributed by atoms with Crippen LogP contribution in [0.2, 0.25) is 0 Å². The SMILES string of the molecule is C=CCNC(=O)CNc1cc(OC)ccc1OC. The summed E-state index contributed by atoms with van der Waals surface area (Å²) in [4.78, 5) is 11.4. The summed E-state index contributed by atoms with van der Waals surface area (Å²) in [5.74, 6) is 1.25. The molecule has 0 atom stereocenters. The molecule has 5 nitrogen and oxygen atoms in total. The first kappa shape index (κ1) is 13.9. The van der Waals surface area contributed by atoms with Gasteiger partial charge in [0.05, 0.1) is 26.5 Å². The van der Waals surface area contributed by atoms with Gasteiger partial charge in [-0.05, 0) is 12.1 Å². The summed E-state index contributed by atoms with van der Waals surface area (Å²) in [6, 6.07) is 5.35. The van der Waals surface area contributed by atoms with E-state index in [1.807, 2.05) is 0 Å². The number of hydrogen-bond acceptors (Lipinski definition) is 4. The number of methoxy groups -OCH3 is 2. The molecule has 0 saturated heterocycles. The summed E-state index contributed by atoms with van der Waals surface area (Å²) in [5.41, 5.74) is 0.714. The van der Waals surface area contributed by atoms with Crippen molar-refractivity contribution >= 4 is 11.6 Å². The molecular weight excluding hydrogens is 232 g/mol. The molecule has 0 spiro atoms. The number of hydrogen-bond donors (Lipinski definition) is 2. The van der Waals surface area contributed by atoms with E-state index in [9.17, 15) is 4.79 Å². The van der Waals surface area contributed by atoms with E-state index in [1.165, 1.54) is 0 Å². The minimum atomic E-state index is -0.111. The van der Waals surface area contributed by atoms with Gasteiger partial charge in [-0.15, -0.1) is 6.58 Å².